The molecule has 0 fully saturated rings. The molecule has 0 saturated carbocycles. The van der Waals surface area contributed by atoms with Gasteiger partial charge in [-0.15, -0.1) is 0 Å². The minimum Gasteiger partial charge on any atom is -0.480 e. The van der Waals surface area contributed by atoms with Crippen LogP contribution in [0.15, 0.2) is 28.7 Å². The quantitative estimate of drug-likeness (QED) is 0.829. The third-order valence-corrected chi connectivity index (χ3v) is 3.00. The van der Waals surface area contributed by atoms with Gasteiger partial charge in [0.25, 0.3) is 0 Å². The zero-order valence-electron chi connectivity index (χ0n) is 10.9. The van der Waals surface area contributed by atoms with Gasteiger partial charge in [-0.2, -0.15) is 0 Å². The van der Waals surface area contributed by atoms with Crippen molar-refractivity contribution < 1.29 is 14.7 Å². The van der Waals surface area contributed by atoms with E-state index in [0.29, 0.717) is 6.54 Å². The molecule has 0 saturated heterocycles. The van der Waals surface area contributed by atoms with E-state index in [-0.39, 0.29) is 12.5 Å². The van der Waals surface area contributed by atoms with Crippen molar-refractivity contribution in [3.63, 3.8) is 0 Å². The molecule has 1 aromatic rings. The van der Waals surface area contributed by atoms with Gasteiger partial charge in [0.1, 0.15) is 6.04 Å². The predicted molar refractivity (Wildman–Crippen MR) is 75.7 cm³/mol. The van der Waals surface area contributed by atoms with Crippen LogP contribution in [0.2, 0.25) is 0 Å². The van der Waals surface area contributed by atoms with Gasteiger partial charge in [0, 0.05) is 24.5 Å². The molecule has 0 spiro atoms. The molecule has 1 amide bonds. The van der Waals surface area contributed by atoms with Gasteiger partial charge in [0.15, 0.2) is 0 Å². The molecular formula is C13H17BrN2O3. The maximum atomic E-state index is 11.0. The van der Waals surface area contributed by atoms with Crippen LogP contribution in [0.25, 0.3) is 0 Å². The summed E-state index contributed by atoms with van der Waals surface area (Å²) in [4.78, 5) is 23.8. The topological polar surface area (TPSA) is 69.6 Å². The fourth-order valence-electron chi connectivity index (χ4n) is 1.75. The van der Waals surface area contributed by atoms with Crippen LogP contribution in [-0.4, -0.2) is 41.5 Å². The lowest BCUT2D eigenvalue weighted by Gasteiger charge is -2.21. The maximum absolute atomic E-state index is 11.0. The molecule has 1 unspecified atom stereocenters. The highest BCUT2D eigenvalue weighted by Gasteiger charge is 2.20. The summed E-state index contributed by atoms with van der Waals surface area (Å²) in [7, 11) is 1.82. The highest BCUT2D eigenvalue weighted by atomic mass is 79.9. The number of nitrogens with one attached hydrogen (secondary N) is 1. The number of carboxylic acids is 1. The van der Waals surface area contributed by atoms with Crippen molar-refractivity contribution in [2.24, 2.45) is 0 Å². The van der Waals surface area contributed by atoms with Gasteiger partial charge in [-0.25, -0.2) is 4.79 Å². The molecule has 0 bridgehead atoms. The van der Waals surface area contributed by atoms with Crippen LogP contribution in [0.1, 0.15) is 12.5 Å². The molecule has 6 heteroatoms. The molecular weight excluding hydrogens is 312 g/mol. The van der Waals surface area contributed by atoms with E-state index in [1.165, 1.54) is 6.92 Å². The van der Waals surface area contributed by atoms with E-state index >= 15 is 0 Å². The summed E-state index contributed by atoms with van der Waals surface area (Å²) in [5, 5.41) is 11.5. The lowest BCUT2D eigenvalue weighted by Crippen LogP contribution is -2.46. The van der Waals surface area contributed by atoms with Crippen molar-refractivity contribution in [3.8, 4) is 0 Å². The Bertz CT molecular complexity index is 465. The number of aliphatic carboxylic acids is 1. The van der Waals surface area contributed by atoms with Gasteiger partial charge >= 0.3 is 5.97 Å². The summed E-state index contributed by atoms with van der Waals surface area (Å²) in [5.41, 5.74) is 1.07. The second-order valence-electron chi connectivity index (χ2n) is 4.42. The van der Waals surface area contributed by atoms with E-state index in [0.717, 1.165) is 10.0 Å². The number of likely N-dealkylation sites (N-methyl/N-ethyl adjacent to an activating group) is 1. The normalized spacial score (nSPS) is 12.2. The molecule has 1 atom stereocenters. The van der Waals surface area contributed by atoms with Crippen molar-refractivity contribution in [2.75, 3.05) is 13.6 Å². The second-order valence-corrected chi connectivity index (χ2v) is 5.33. The summed E-state index contributed by atoms with van der Waals surface area (Å²) >= 11 is 3.39. The number of carboxylic acid groups (broad SMARTS) is 1. The molecule has 0 aliphatic heterocycles. The van der Waals surface area contributed by atoms with Crippen molar-refractivity contribution in [3.05, 3.63) is 34.3 Å². The summed E-state index contributed by atoms with van der Waals surface area (Å²) in [6, 6.07) is 6.91. The van der Waals surface area contributed by atoms with Crippen molar-refractivity contribution >= 4 is 27.8 Å². The molecule has 1 aromatic carbocycles. The monoisotopic (exact) mass is 328 g/mol. The average Bonchev–Trinajstić information content (AvgIpc) is 2.27. The largest absolute Gasteiger partial charge is 0.480 e. The van der Waals surface area contributed by atoms with Crippen LogP contribution in [0.4, 0.5) is 0 Å². The first-order valence-corrected chi connectivity index (χ1v) is 6.60. The Hall–Kier alpha value is -1.40. The molecule has 0 aromatic heterocycles. The molecule has 2 N–H and O–H groups in total. The number of rotatable bonds is 6. The highest BCUT2D eigenvalue weighted by molar-refractivity contribution is 9.10. The van der Waals surface area contributed by atoms with Crippen LogP contribution in [0, 0.1) is 0 Å². The zero-order valence-corrected chi connectivity index (χ0v) is 12.5. The van der Waals surface area contributed by atoms with E-state index in [9.17, 15) is 9.59 Å². The Balaban J connectivity index is 2.59. The van der Waals surface area contributed by atoms with Gasteiger partial charge in [-0.3, -0.25) is 9.69 Å². The van der Waals surface area contributed by atoms with Crippen molar-refractivity contribution in [1.29, 1.82) is 0 Å². The lowest BCUT2D eigenvalue weighted by atomic mass is 10.2. The van der Waals surface area contributed by atoms with Crippen LogP contribution in [-0.2, 0) is 16.1 Å². The first-order chi connectivity index (χ1) is 8.88. The molecule has 0 aliphatic rings. The van der Waals surface area contributed by atoms with E-state index in [1.54, 1.807) is 0 Å². The maximum Gasteiger partial charge on any atom is 0.327 e. The molecule has 5 nitrogen and oxygen atoms in total. The van der Waals surface area contributed by atoms with Gasteiger partial charge in [-0.05, 0) is 24.7 Å². The number of halogens is 1. The number of nitrogens with zero attached hydrogens (tertiary/aromatic N) is 1. The fourth-order valence-corrected chi connectivity index (χ4v) is 2.20. The van der Waals surface area contributed by atoms with Crippen LogP contribution in [0.3, 0.4) is 0 Å². The van der Waals surface area contributed by atoms with Crippen molar-refractivity contribution in [1.82, 2.24) is 10.2 Å². The number of carbonyl (C=O) groups is 2. The minimum absolute atomic E-state index is 0.251. The van der Waals surface area contributed by atoms with Crippen LogP contribution < -0.4 is 5.32 Å². The van der Waals surface area contributed by atoms with Gasteiger partial charge < -0.3 is 10.4 Å². The molecule has 0 aliphatic carbocycles. The molecule has 1 rings (SSSR count). The highest BCUT2D eigenvalue weighted by Crippen LogP contribution is 2.13. The first-order valence-electron chi connectivity index (χ1n) is 5.81. The van der Waals surface area contributed by atoms with Gasteiger partial charge in [-0.1, -0.05) is 28.1 Å². The van der Waals surface area contributed by atoms with Crippen molar-refractivity contribution in [2.45, 2.75) is 19.5 Å². The van der Waals surface area contributed by atoms with E-state index in [4.69, 9.17) is 5.11 Å². The summed E-state index contributed by atoms with van der Waals surface area (Å²) in [5.74, 6) is -1.38. The lowest BCUT2D eigenvalue weighted by molar-refractivity contribution is -0.142. The number of hydrogen-bond acceptors (Lipinski definition) is 3. The first kappa shape index (κ1) is 15.7. The Morgan fingerprint density at radius 2 is 2.16 bits per heavy atom. The fraction of sp³-hybridized carbons (Fsp3) is 0.385. The molecule has 19 heavy (non-hydrogen) atoms. The van der Waals surface area contributed by atoms with E-state index in [1.807, 2.05) is 36.2 Å². The third kappa shape index (κ3) is 5.85. The predicted octanol–water partition coefficient (Wildman–Crippen LogP) is 1.47. The van der Waals surface area contributed by atoms with Gasteiger partial charge in [0.2, 0.25) is 5.91 Å². The molecule has 104 valence electrons. The second kappa shape index (κ2) is 7.25. The van der Waals surface area contributed by atoms with E-state index < -0.39 is 12.0 Å². The van der Waals surface area contributed by atoms with Gasteiger partial charge in [0.05, 0.1) is 0 Å². The Morgan fingerprint density at radius 3 is 2.68 bits per heavy atom. The summed E-state index contributed by atoms with van der Waals surface area (Å²) in [6.45, 7) is 2.18. The number of carbonyl (C=O) groups excluding carboxylic acids is 1. The standard InChI is InChI=1S/C13H17BrN2O3/c1-9(17)15-12(13(18)19)8-16(2)7-10-4-3-5-11(14)6-10/h3-6,12H,7-8H2,1-2H3,(H,15,17)(H,18,19). The zero-order chi connectivity index (χ0) is 14.4. The number of hydrogen-bond donors (Lipinski definition) is 2. The Morgan fingerprint density at radius 1 is 1.47 bits per heavy atom. The number of benzene rings is 1. The van der Waals surface area contributed by atoms with Crippen LogP contribution in [0.5, 0.6) is 0 Å². The smallest absolute Gasteiger partial charge is 0.327 e. The third-order valence-electron chi connectivity index (χ3n) is 2.51. The molecule has 0 heterocycles. The number of amides is 1. The Labute approximate surface area is 120 Å². The summed E-state index contributed by atoms with van der Waals surface area (Å²) in [6.07, 6.45) is 0. The SMILES string of the molecule is CC(=O)NC(CN(C)Cc1cccc(Br)c1)C(=O)O. The average molecular weight is 329 g/mol. The Kier molecular flexibility index (Phi) is 5.98. The molecule has 0 radical (unpaired) electrons. The minimum atomic E-state index is -1.03. The summed E-state index contributed by atoms with van der Waals surface area (Å²) < 4.78 is 0.982. The van der Waals surface area contributed by atoms with E-state index in [2.05, 4.69) is 21.2 Å². The van der Waals surface area contributed by atoms with Crippen LogP contribution >= 0.6 is 15.9 Å².